The Bertz CT molecular complexity index is 509. The molecule has 1 heterocycles. The number of carbonyl (C=O) groups excluding carboxylic acids is 1. The van der Waals surface area contributed by atoms with Crippen LogP contribution in [0.3, 0.4) is 0 Å². The molecule has 1 saturated heterocycles. The summed E-state index contributed by atoms with van der Waals surface area (Å²) in [6, 6.07) is 6.12. The Morgan fingerprint density at radius 3 is 2.53 bits per heavy atom. The fraction of sp³-hybridized carbons (Fsp3) is 0.154. The molecule has 0 aromatic heterocycles. The molecular weight excluding hydrogens is 284 g/mol. The third kappa shape index (κ3) is 1.84. The zero-order valence-corrected chi connectivity index (χ0v) is 10.6. The zero-order valence-electron chi connectivity index (χ0n) is 8.92. The predicted molar refractivity (Wildman–Crippen MR) is 65.2 cm³/mol. The molecule has 1 aliphatic carbocycles. The number of amides is 1. The van der Waals surface area contributed by atoms with Gasteiger partial charge in [-0.1, -0.05) is 0 Å². The van der Waals surface area contributed by atoms with Gasteiger partial charge < -0.3 is 0 Å². The third-order valence-electron chi connectivity index (χ3n) is 2.86. The summed E-state index contributed by atoms with van der Waals surface area (Å²) in [5, 5.41) is 0. The zero-order chi connectivity index (χ0) is 11.8. The molecule has 1 amide bonds. The number of benzene rings is 1. The Labute approximate surface area is 105 Å². The summed E-state index contributed by atoms with van der Waals surface area (Å²) >= 11 is 0.0703. The Balaban J connectivity index is 1.91. The van der Waals surface area contributed by atoms with Gasteiger partial charge in [-0.25, -0.2) is 0 Å². The fourth-order valence-electron chi connectivity index (χ4n) is 1.98. The summed E-state index contributed by atoms with van der Waals surface area (Å²) in [4.78, 5) is 12.5. The molecular formula is C13H10FNOSe. The van der Waals surface area contributed by atoms with E-state index < -0.39 is 0 Å². The first-order valence-electron chi connectivity index (χ1n) is 5.37. The van der Waals surface area contributed by atoms with Crippen molar-refractivity contribution in [3.05, 3.63) is 54.4 Å². The molecule has 0 spiro atoms. The summed E-state index contributed by atoms with van der Waals surface area (Å²) < 4.78 is 14.6. The summed E-state index contributed by atoms with van der Waals surface area (Å²) in [5.41, 5.74) is 0.799. The summed E-state index contributed by atoms with van der Waals surface area (Å²) in [5.74, 6) is -0.169. The molecule has 86 valence electrons. The number of carbonyl (C=O) groups is 1. The van der Waals surface area contributed by atoms with Crippen molar-refractivity contribution in [1.82, 2.24) is 0 Å². The van der Waals surface area contributed by atoms with Gasteiger partial charge in [0.05, 0.1) is 0 Å². The molecule has 17 heavy (non-hydrogen) atoms. The van der Waals surface area contributed by atoms with E-state index in [1.165, 1.54) is 12.1 Å². The van der Waals surface area contributed by atoms with Crippen molar-refractivity contribution in [2.24, 2.45) is 5.92 Å². The van der Waals surface area contributed by atoms with Crippen molar-refractivity contribution in [2.45, 2.75) is 4.82 Å². The van der Waals surface area contributed by atoms with Gasteiger partial charge >= 0.3 is 105 Å². The van der Waals surface area contributed by atoms with Gasteiger partial charge in [-0.05, 0) is 0 Å². The van der Waals surface area contributed by atoms with E-state index in [1.54, 1.807) is 16.0 Å². The van der Waals surface area contributed by atoms with Crippen LogP contribution in [0.25, 0.3) is 0 Å². The van der Waals surface area contributed by atoms with Crippen molar-refractivity contribution in [3.63, 3.8) is 0 Å². The van der Waals surface area contributed by atoms with Crippen LogP contribution in [0, 0.1) is 11.7 Å². The predicted octanol–water partition coefficient (Wildman–Crippen LogP) is 2.32. The number of nitrogens with zero attached hydrogens (tertiary/aromatic N) is 1. The molecule has 1 aliphatic heterocycles. The first kappa shape index (κ1) is 10.8. The normalized spacial score (nSPS) is 26.4. The van der Waals surface area contributed by atoms with Gasteiger partial charge in [0.25, 0.3) is 0 Å². The molecule has 1 fully saturated rings. The van der Waals surface area contributed by atoms with Crippen LogP contribution in [0.5, 0.6) is 0 Å². The van der Waals surface area contributed by atoms with Crippen LogP contribution < -0.4 is 3.92 Å². The van der Waals surface area contributed by atoms with E-state index in [4.69, 9.17) is 0 Å². The number of allylic oxidation sites excluding steroid dienone is 3. The van der Waals surface area contributed by atoms with E-state index in [1.807, 2.05) is 18.2 Å². The van der Waals surface area contributed by atoms with E-state index in [-0.39, 0.29) is 32.8 Å². The van der Waals surface area contributed by atoms with Crippen LogP contribution >= 0.6 is 0 Å². The van der Waals surface area contributed by atoms with Crippen molar-refractivity contribution >= 4 is 26.8 Å². The van der Waals surface area contributed by atoms with Gasteiger partial charge in [0.2, 0.25) is 0 Å². The molecule has 4 heteroatoms. The fourth-order valence-corrected chi connectivity index (χ4v) is 4.53. The average molecular weight is 294 g/mol. The Kier molecular flexibility index (Phi) is 2.61. The van der Waals surface area contributed by atoms with E-state index in [2.05, 4.69) is 6.08 Å². The standard InChI is InChI=1S/C13H10FNOSe/c14-9-5-7-10(8-6-9)15-13(16)11-3-1-2-4-12(11)17-15/h1-8,11-12H. The van der Waals surface area contributed by atoms with Gasteiger partial charge in [0, 0.05) is 0 Å². The molecule has 0 radical (unpaired) electrons. The molecule has 2 aliphatic rings. The van der Waals surface area contributed by atoms with Crippen molar-refractivity contribution in [2.75, 3.05) is 3.92 Å². The number of rotatable bonds is 1. The van der Waals surface area contributed by atoms with Crippen LogP contribution in [0.4, 0.5) is 10.1 Å². The van der Waals surface area contributed by atoms with E-state index in [0.717, 1.165) is 5.69 Å². The average Bonchev–Trinajstić information content (AvgIpc) is 2.69. The second kappa shape index (κ2) is 4.13. The molecule has 1 aromatic rings. The van der Waals surface area contributed by atoms with E-state index in [9.17, 15) is 9.18 Å². The van der Waals surface area contributed by atoms with Gasteiger partial charge in [0.1, 0.15) is 0 Å². The Morgan fingerprint density at radius 2 is 1.82 bits per heavy atom. The number of hydrogen-bond donors (Lipinski definition) is 0. The molecule has 2 atom stereocenters. The number of halogens is 1. The van der Waals surface area contributed by atoms with Gasteiger partial charge in [0.15, 0.2) is 0 Å². The van der Waals surface area contributed by atoms with Gasteiger partial charge in [-0.3, -0.25) is 0 Å². The van der Waals surface area contributed by atoms with Crippen molar-refractivity contribution in [3.8, 4) is 0 Å². The maximum atomic E-state index is 12.8. The van der Waals surface area contributed by atoms with E-state index >= 15 is 0 Å². The van der Waals surface area contributed by atoms with Crippen LogP contribution in [0.15, 0.2) is 48.6 Å². The van der Waals surface area contributed by atoms with Gasteiger partial charge in [-0.15, -0.1) is 0 Å². The topological polar surface area (TPSA) is 20.3 Å². The Hall–Kier alpha value is -1.38. The summed E-state index contributed by atoms with van der Waals surface area (Å²) in [7, 11) is 0. The molecule has 0 saturated carbocycles. The number of fused-ring (bicyclic) bond motifs is 1. The van der Waals surface area contributed by atoms with Crippen molar-refractivity contribution < 1.29 is 9.18 Å². The van der Waals surface area contributed by atoms with Crippen LogP contribution in [-0.2, 0) is 4.79 Å². The van der Waals surface area contributed by atoms with Crippen molar-refractivity contribution in [1.29, 1.82) is 0 Å². The first-order valence-corrected chi connectivity index (χ1v) is 7.12. The monoisotopic (exact) mass is 295 g/mol. The first-order chi connectivity index (χ1) is 8.25. The molecule has 0 N–H and O–H groups in total. The van der Waals surface area contributed by atoms with E-state index in [0.29, 0.717) is 4.82 Å². The molecule has 2 nitrogen and oxygen atoms in total. The number of hydrogen-bond acceptors (Lipinski definition) is 1. The molecule has 2 unspecified atom stereocenters. The second-order valence-electron chi connectivity index (χ2n) is 3.97. The third-order valence-corrected chi connectivity index (χ3v) is 5.58. The van der Waals surface area contributed by atoms with Crippen LogP contribution in [-0.4, -0.2) is 21.1 Å². The quantitative estimate of drug-likeness (QED) is 0.728. The summed E-state index contributed by atoms with van der Waals surface area (Å²) in [6.07, 6.45) is 7.96. The Morgan fingerprint density at radius 1 is 1.12 bits per heavy atom. The molecule has 0 bridgehead atoms. The SMILES string of the molecule is O=C1C2C=CC=CC2[Se]N1c1ccc(F)cc1. The summed E-state index contributed by atoms with van der Waals surface area (Å²) in [6.45, 7) is 0. The minimum atomic E-state index is -0.273. The molecule has 3 rings (SSSR count). The maximum absolute atomic E-state index is 12.8. The van der Waals surface area contributed by atoms with Gasteiger partial charge in [-0.2, -0.15) is 0 Å². The van der Waals surface area contributed by atoms with Crippen LogP contribution in [0.2, 0.25) is 4.82 Å². The van der Waals surface area contributed by atoms with Crippen LogP contribution in [0.1, 0.15) is 0 Å². The molecule has 1 aromatic carbocycles. The minimum absolute atomic E-state index is 0.0231. The second-order valence-corrected chi connectivity index (χ2v) is 6.33. The number of anilines is 1.